The van der Waals surface area contributed by atoms with Crippen LogP contribution in [-0.2, 0) is 59.8 Å². The third-order valence-electron chi connectivity index (χ3n) is 4.49. The van der Waals surface area contributed by atoms with E-state index in [-0.39, 0.29) is 27.8 Å². The van der Waals surface area contributed by atoms with E-state index in [1.807, 2.05) is 0 Å². The minimum absolute atomic E-state index is 0. The van der Waals surface area contributed by atoms with E-state index >= 15 is 0 Å². The van der Waals surface area contributed by atoms with Gasteiger partial charge in [0.25, 0.3) is 0 Å². The fourth-order valence-corrected chi connectivity index (χ4v) is 5.19. The molecule has 2 aromatic carbocycles. The fourth-order valence-electron chi connectivity index (χ4n) is 3.34. The van der Waals surface area contributed by atoms with Gasteiger partial charge in [0.2, 0.25) is 0 Å². The average Bonchev–Trinajstić information content (AvgIpc) is 3.11. The minimum Gasteiger partial charge on any atom is 0 e. The first kappa shape index (κ1) is 20.7. The van der Waals surface area contributed by atoms with Crippen LogP contribution in [0, 0.1) is 6.92 Å². The van der Waals surface area contributed by atoms with Crippen molar-refractivity contribution in [3.8, 4) is 0 Å². The average molecular weight is 868 g/mol. The summed E-state index contributed by atoms with van der Waals surface area (Å²) >= 11 is 2.58. The van der Waals surface area contributed by atoms with Crippen molar-refractivity contribution in [1.82, 2.24) is 9.58 Å². The molecule has 0 aliphatic carbocycles. The summed E-state index contributed by atoms with van der Waals surface area (Å²) in [5, 5.41) is 17.9. The molecule has 4 rings (SSSR count). The molecule has 8 heteroatoms. The number of hydrogen-bond acceptors (Lipinski definition) is 4. The topological polar surface area (TPSA) is 66.8 Å². The molecule has 1 aromatic heterocycles. The largest absolute Gasteiger partial charge is 0 e. The maximum absolute atomic E-state index is 9.60. The van der Waals surface area contributed by atoms with E-state index in [2.05, 4.69) is 65.1 Å². The van der Waals surface area contributed by atoms with Crippen LogP contribution in [0.4, 0.5) is 0 Å². The number of nitrogens with zero attached hydrogens (tertiary/aromatic N) is 3. The van der Waals surface area contributed by atoms with Gasteiger partial charge in [0.1, 0.15) is 0 Å². The van der Waals surface area contributed by atoms with Crippen LogP contribution in [0.25, 0.3) is 21.8 Å². The van der Waals surface area contributed by atoms with Gasteiger partial charge in [-0.05, 0) is 0 Å². The van der Waals surface area contributed by atoms with Crippen LogP contribution in [0.5, 0.6) is 0 Å². The van der Waals surface area contributed by atoms with Crippen molar-refractivity contribution in [1.29, 1.82) is 0 Å². The maximum Gasteiger partial charge on any atom is 0 e. The summed E-state index contributed by atoms with van der Waals surface area (Å²) in [5.74, 6) is 0.487. The van der Waals surface area contributed by atoms with Gasteiger partial charge in [-0.3, -0.25) is 0 Å². The van der Waals surface area contributed by atoms with Crippen molar-refractivity contribution < 1.29 is 64.9 Å². The van der Waals surface area contributed by atoms with E-state index in [0.717, 1.165) is 13.6 Å². The van der Waals surface area contributed by atoms with Gasteiger partial charge in [-0.2, -0.15) is 0 Å². The maximum atomic E-state index is 9.60. The molecule has 27 heavy (non-hydrogen) atoms. The first-order valence-corrected chi connectivity index (χ1v) is 11.0. The molecule has 3 aromatic rings. The number of fused-ring (bicyclic) bond motifs is 3. The Morgan fingerprint density at radius 3 is 2.63 bits per heavy atom. The molecule has 136 valence electrons. The van der Waals surface area contributed by atoms with E-state index < -0.39 is 0 Å². The number of benzene rings is 2. The Bertz CT molecular complexity index is 1150. The quantitative estimate of drug-likeness (QED) is 0.423. The van der Waals surface area contributed by atoms with Crippen molar-refractivity contribution in [3.63, 3.8) is 0 Å². The van der Waals surface area contributed by atoms with Crippen LogP contribution in [0.2, 0.25) is 0 Å². The molecule has 0 spiro atoms. The number of rotatable bonds is 3. The van der Waals surface area contributed by atoms with Gasteiger partial charge in [-0.25, -0.2) is 0 Å². The number of hydrazone groups is 1. The summed E-state index contributed by atoms with van der Waals surface area (Å²) in [4.78, 5) is 0. The van der Waals surface area contributed by atoms with Crippen LogP contribution in [0.3, 0.4) is 0 Å². The Balaban J connectivity index is 0.00000210. The number of para-hydroxylation sites is 1. The van der Waals surface area contributed by atoms with Crippen LogP contribution in [0.1, 0.15) is 5.56 Å². The Morgan fingerprint density at radius 2 is 1.89 bits per heavy atom. The molecule has 2 heterocycles. The molecule has 0 saturated heterocycles. The van der Waals surface area contributed by atoms with E-state index in [9.17, 15) is 5.11 Å². The van der Waals surface area contributed by atoms with Gasteiger partial charge in [0.05, 0.1) is 0 Å². The second-order valence-corrected chi connectivity index (χ2v) is 9.01. The molecular weight excluding hydrogens is 852 g/mol. The first-order valence-electron chi connectivity index (χ1n) is 8.05. The predicted octanol–water partition coefficient (Wildman–Crippen LogP) is 1.77. The van der Waals surface area contributed by atoms with E-state index in [1.54, 1.807) is 5.01 Å². The second kappa shape index (κ2) is 8.17. The third kappa shape index (κ3) is 3.45. The number of hydrogen-bond donors (Lipinski definition) is 2. The van der Waals surface area contributed by atoms with Crippen molar-refractivity contribution in [3.05, 3.63) is 59.8 Å². The Morgan fingerprint density at radius 1 is 1.19 bits per heavy atom. The SMILES string of the molecule is Cc1cccc2c1c1ccccc1n2[C](=[W])/C=C1\[C](=[W])C(N)=NN1CO.[W]. The molecule has 0 amide bonds. The van der Waals surface area contributed by atoms with Crippen molar-refractivity contribution in [2.75, 3.05) is 6.73 Å². The van der Waals surface area contributed by atoms with E-state index in [4.69, 9.17) is 5.73 Å². The van der Waals surface area contributed by atoms with Gasteiger partial charge in [-0.15, -0.1) is 0 Å². The molecule has 0 bridgehead atoms. The van der Waals surface area contributed by atoms with Crippen molar-refractivity contribution in [2.24, 2.45) is 10.8 Å². The van der Waals surface area contributed by atoms with Gasteiger partial charge >= 0.3 is 173 Å². The summed E-state index contributed by atoms with van der Waals surface area (Å²) in [7, 11) is 0. The standard InChI is InChI=1S/C19H16N4O.3W/c1-13-5-4-8-17-19(13)15-6-2-3-7-16(15)22(17)10-9-14-11-18(20)21-23(14)12-24;;;/h2-9,24H,12H2,1H3,(H2,20,21);;;/b14-9+;;;. The Hall–Kier alpha value is -0.985. The third-order valence-corrected chi connectivity index (χ3v) is 7.07. The van der Waals surface area contributed by atoms with Crippen molar-refractivity contribution in [2.45, 2.75) is 6.92 Å². The molecular formula is C19H16N4OW3. The summed E-state index contributed by atoms with van der Waals surface area (Å²) in [5.41, 5.74) is 10.5. The number of allylic oxidation sites excluding steroid dienone is 1. The van der Waals surface area contributed by atoms with Crippen LogP contribution < -0.4 is 5.73 Å². The summed E-state index contributed by atoms with van der Waals surface area (Å²) in [6, 6.07) is 14.9. The zero-order valence-electron chi connectivity index (χ0n) is 14.4. The normalized spacial score (nSPS) is 15.5. The monoisotopic (exact) mass is 868 g/mol. The summed E-state index contributed by atoms with van der Waals surface area (Å²) in [6.07, 6.45) is 2.09. The van der Waals surface area contributed by atoms with Gasteiger partial charge in [0.15, 0.2) is 0 Å². The van der Waals surface area contributed by atoms with E-state index in [1.165, 1.54) is 66.1 Å². The number of aryl methyl sites for hydroxylation is 1. The van der Waals surface area contributed by atoms with Gasteiger partial charge in [-0.1, -0.05) is 0 Å². The molecule has 0 saturated carbocycles. The van der Waals surface area contributed by atoms with Crippen LogP contribution >= 0.6 is 0 Å². The molecule has 0 atom stereocenters. The molecule has 5 nitrogen and oxygen atoms in total. The number of aliphatic hydroxyl groups is 1. The van der Waals surface area contributed by atoms with E-state index in [0.29, 0.717) is 5.84 Å². The number of nitrogens with two attached hydrogens (primary N) is 1. The molecule has 1 aliphatic rings. The molecule has 0 fully saturated rings. The number of aromatic nitrogens is 1. The second-order valence-electron chi connectivity index (χ2n) is 6.04. The predicted molar refractivity (Wildman–Crippen MR) is 98.2 cm³/mol. The fraction of sp³-hybridized carbons (Fsp3) is 0.105. The molecule has 1 aliphatic heterocycles. The van der Waals surface area contributed by atoms with Gasteiger partial charge < -0.3 is 0 Å². The number of amidine groups is 1. The number of aliphatic hydroxyl groups excluding tert-OH is 1. The minimum atomic E-state index is -0.182. The smallest absolute Gasteiger partial charge is 0 e. The molecule has 0 radical (unpaired) electrons. The molecule has 3 N–H and O–H groups in total. The zero-order valence-corrected chi connectivity index (χ0v) is 23.2. The van der Waals surface area contributed by atoms with Crippen LogP contribution in [-0.4, -0.2) is 35.2 Å². The zero-order chi connectivity index (χ0) is 18.4. The molecule has 0 unspecified atom stereocenters. The van der Waals surface area contributed by atoms with Crippen LogP contribution in [0.15, 0.2) is 59.3 Å². The Kier molecular flexibility index (Phi) is 6.28. The summed E-state index contributed by atoms with van der Waals surface area (Å²) in [6.45, 7) is 1.97. The van der Waals surface area contributed by atoms with Gasteiger partial charge in [0, 0.05) is 21.1 Å². The Labute approximate surface area is 193 Å². The first-order chi connectivity index (χ1) is 12.5. The summed E-state index contributed by atoms with van der Waals surface area (Å²) < 4.78 is 4.40. The van der Waals surface area contributed by atoms with Crippen molar-refractivity contribution >= 4 is 35.6 Å².